The number of hydrogen-bond acceptors (Lipinski definition) is 2. The van der Waals surface area contributed by atoms with Crippen molar-refractivity contribution in [3.63, 3.8) is 0 Å². The van der Waals surface area contributed by atoms with E-state index in [1.165, 1.54) is 58.2 Å². The third kappa shape index (κ3) is 2.75. The van der Waals surface area contributed by atoms with Crippen molar-refractivity contribution in [3.8, 4) is 0 Å². The van der Waals surface area contributed by atoms with Crippen LogP contribution in [0.1, 0.15) is 66.2 Å². The predicted molar refractivity (Wildman–Crippen MR) is 78.9 cm³/mol. The van der Waals surface area contributed by atoms with Crippen molar-refractivity contribution in [1.29, 1.82) is 0 Å². The molecule has 1 spiro atoms. The first-order valence-electron chi connectivity index (χ1n) is 8.04. The van der Waals surface area contributed by atoms with Gasteiger partial charge >= 0.3 is 0 Å². The lowest BCUT2D eigenvalue weighted by molar-refractivity contribution is 0.00431. The summed E-state index contributed by atoms with van der Waals surface area (Å²) >= 11 is 0. The molecule has 0 aromatic rings. The molecule has 2 rings (SSSR count). The van der Waals surface area contributed by atoms with Gasteiger partial charge in [0.1, 0.15) is 0 Å². The van der Waals surface area contributed by atoms with Crippen LogP contribution in [0.4, 0.5) is 0 Å². The molecule has 2 fully saturated rings. The summed E-state index contributed by atoms with van der Waals surface area (Å²) in [5.41, 5.74) is 0.833. The van der Waals surface area contributed by atoms with Crippen molar-refractivity contribution >= 4 is 0 Å². The molecule has 0 amide bonds. The number of hydrogen-bond donors (Lipinski definition) is 1. The van der Waals surface area contributed by atoms with E-state index in [4.69, 9.17) is 0 Å². The van der Waals surface area contributed by atoms with E-state index in [1.54, 1.807) is 0 Å². The highest BCUT2D eigenvalue weighted by molar-refractivity contribution is 5.05. The smallest absolute Gasteiger partial charge is 0.0309 e. The Morgan fingerprint density at radius 3 is 2.44 bits per heavy atom. The molecule has 1 heterocycles. The van der Waals surface area contributed by atoms with Crippen LogP contribution >= 0.6 is 0 Å². The summed E-state index contributed by atoms with van der Waals surface area (Å²) in [5, 5.41) is 3.92. The number of nitrogens with zero attached hydrogens (tertiary/aromatic N) is 1. The van der Waals surface area contributed by atoms with Crippen molar-refractivity contribution in [2.24, 2.45) is 5.92 Å². The summed E-state index contributed by atoms with van der Waals surface area (Å²) in [7, 11) is 0. The lowest BCUT2D eigenvalue weighted by Crippen LogP contribution is -2.68. The zero-order valence-corrected chi connectivity index (χ0v) is 12.9. The van der Waals surface area contributed by atoms with E-state index in [-0.39, 0.29) is 0 Å². The Balaban J connectivity index is 2.08. The quantitative estimate of drug-likeness (QED) is 0.825. The summed E-state index contributed by atoms with van der Waals surface area (Å²) in [6.45, 7) is 13.3. The van der Waals surface area contributed by atoms with Gasteiger partial charge in [-0.3, -0.25) is 4.90 Å². The van der Waals surface area contributed by atoms with Gasteiger partial charge in [-0.25, -0.2) is 0 Å². The van der Waals surface area contributed by atoms with Crippen LogP contribution in [-0.2, 0) is 0 Å². The van der Waals surface area contributed by atoms with E-state index in [9.17, 15) is 0 Å². The molecule has 0 aromatic heterocycles. The molecule has 2 atom stereocenters. The van der Waals surface area contributed by atoms with Gasteiger partial charge < -0.3 is 5.32 Å². The first kappa shape index (κ1) is 14.3. The maximum absolute atomic E-state index is 3.92. The van der Waals surface area contributed by atoms with Crippen LogP contribution in [-0.4, -0.2) is 35.6 Å². The normalized spacial score (nSPS) is 34.0. The molecule has 1 aliphatic carbocycles. The highest BCUT2D eigenvalue weighted by atomic mass is 15.3. The Hall–Kier alpha value is -0.0800. The van der Waals surface area contributed by atoms with E-state index in [0.29, 0.717) is 11.1 Å². The van der Waals surface area contributed by atoms with Crippen molar-refractivity contribution < 1.29 is 0 Å². The van der Waals surface area contributed by atoms with E-state index in [0.717, 1.165) is 5.92 Å². The summed E-state index contributed by atoms with van der Waals surface area (Å²) < 4.78 is 0. The second-order valence-electron chi connectivity index (χ2n) is 7.09. The molecule has 1 N–H and O–H groups in total. The van der Waals surface area contributed by atoms with Crippen molar-refractivity contribution in [2.45, 2.75) is 77.3 Å². The molecule has 2 heteroatoms. The maximum Gasteiger partial charge on any atom is 0.0309 e. The fourth-order valence-electron chi connectivity index (χ4n) is 3.63. The molecule has 2 aliphatic rings. The van der Waals surface area contributed by atoms with Gasteiger partial charge in [0.05, 0.1) is 0 Å². The van der Waals surface area contributed by atoms with Crippen LogP contribution in [0.2, 0.25) is 0 Å². The first-order chi connectivity index (χ1) is 8.53. The van der Waals surface area contributed by atoms with Gasteiger partial charge in [-0.2, -0.15) is 0 Å². The molecule has 0 bridgehead atoms. The summed E-state index contributed by atoms with van der Waals surface area (Å²) in [5.74, 6) is 0.826. The van der Waals surface area contributed by atoms with Crippen LogP contribution in [0.15, 0.2) is 0 Å². The van der Waals surface area contributed by atoms with Gasteiger partial charge in [-0.15, -0.1) is 0 Å². The standard InChI is InChI=1S/C16H32N2/c1-5-14(3)11-18-13-16(9-7-8-10-16)17-12-15(18,4)6-2/h14,17H,5-13H2,1-4H3. The zero-order chi connectivity index (χ0) is 13.2. The van der Waals surface area contributed by atoms with Crippen LogP contribution in [0.3, 0.4) is 0 Å². The minimum absolute atomic E-state index is 0.372. The van der Waals surface area contributed by atoms with Gasteiger partial charge in [-0.1, -0.05) is 40.0 Å². The van der Waals surface area contributed by atoms with Crippen LogP contribution < -0.4 is 5.32 Å². The Kier molecular flexibility index (Phi) is 4.38. The largest absolute Gasteiger partial charge is 0.308 e. The third-order valence-electron chi connectivity index (χ3n) is 5.65. The third-order valence-corrected chi connectivity index (χ3v) is 5.65. The molecule has 1 saturated carbocycles. The molecular weight excluding hydrogens is 220 g/mol. The van der Waals surface area contributed by atoms with Gasteiger partial charge in [0.2, 0.25) is 0 Å². The second-order valence-corrected chi connectivity index (χ2v) is 7.09. The lowest BCUT2D eigenvalue weighted by atomic mass is 9.84. The minimum Gasteiger partial charge on any atom is -0.308 e. The highest BCUT2D eigenvalue weighted by Crippen LogP contribution is 2.37. The van der Waals surface area contributed by atoms with Crippen molar-refractivity contribution in [1.82, 2.24) is 10.2 Å². The number of rotatable bonds is 4. The van der Waals surface area contributed by atoms with Crippen molar-refractivity contribution in [2.75, 3.05) is 19.6 Å². The Morgan fingerprint density at radius 1 is 1.22 bits per heavy atom. The highest BCUT2D eigenvalue weighted by Gasteiger charge is 2.45. The van der Waals surface area contributed by atoms with E-state index in [1.807, 2.05) is 0 Å². The first-order valence-corrected chi connectivity index (χ1v) is 8.04. The molecule has 106 valence electrons. The van der Waals surface area contributed by atoms with Crippen LogP contribution in [0.25, 0.3) is 0 Å². The summed E-state index contributed by atoms with van der Waals surface area (Å²) in [6.07, 6.45) is 8.19. The van der Waals surface area contributed by atoms with Crippen LogP contribution in [0.5, 0.6) is 0 Å². The SMILES string of the molecule is CCC(C)CN1CC2(CCCC2)NCC1(C)CC. The molecule has 1 aliphatic heterocycles. The van der Waals surface area contributed by atoms with Gasteiger partial charge in [0.15, 0.2) is 0 Å². The number of piperazine rings is 1. The van der Waals surface area contributed by atoms with E-state index < -0.39 is 0 Å². The molecule has 18 heavy (non-hydrogen) atoms. The molecule has 2 unspecified atom stereocenters. The maximum atomic E-state index is 3.92. The van der Waals surface area contributed by atoms with E-state index in [2.05, 4.69) is 37.9 Å². The molecule has 0 radical (unpaired) electrons. The van der Waals surface area contributed by atoms with Crippen LogP contribution in [0, 0.1) is 5.92 Å². The number of nitrogens with one attached hydrogen (secondary N) is 1. The van der Waals surface area contributed by atoms with Crippen molar-refractivity contribution in [3.05, 3.63) is 0 Å². The summed E-state index contributed by atoms with van der Waals surface area (Å²) in [4.78, 5) is 2.81. The van der Waals surface area contributed by atoms with Gasteiger partial charge in [0, 0.05) is 30.7 Å². The topological polar surface area (TPSA) is 15.3 Å². The predicted octanol–water partition coefficient (Wildman–Crippen LogP) is 3.42. The molecule has 0 aromatic carbocycles. The summed E-state index contributed by atoms with van der Waals surface area (Å²) in [6, 6.07) is 0. The molecule has 1 saturated heterocycles. The Morgan fingerprint density at radius 2 is 1.89 bits per heavy atom. The minimum atomic E-state index is 0.372. The average Bonchev–Trinajstić information content (AvgIpc) is 2.83. The zero-order valence-electron chi connectivity index (χ0n) is 12.9. The monoisotopic (exact) mass is 252 g/mol. The fourth-order valence-corrected chi connectivity index (χ4v) is 3.63. The molecular formula is C16H32N2. The van der Waals surface area contributed by atoms with Gasteiger partial charge in [-0.05, 0) is 32.1 Å². The second kappa shape index (κ2) is 5.50. The van der Waals surface area contributed by atoms with E-state index >= 15 is 0 Å². The Bertz CT molecular complexity index is 270. The Labute approximate surface area is 114 Å². The van der Waals surface area contributed by atoms with Gasteiger partial charge in [0.25, 0.3) is 0 Å². The molecule has 2 nitrogen and oxygen atoms in total. The lowest BCUT2D eigenvalue weighted by Gasteiger charge is -2.53. The average molecular weight is 252 g/mol. The fraction of sp³-hybridized carbons (Fsp3) is 1.00.